The molecule has 1 atom stereocenters. The first-order valence-electron chi connectivity index (χ1n) is 8.08. The number of nitrogens with zero attached hydrogens (tertiary/aromatic N) is 2. The highest BCUT2D eigenvalue weighted by molar-refractivity contribution is 7.71. The fraction of sp³-hybridized carbons (Fsp3) is 0.867. The van der Waals surface area contributed by atoms with Crippen molar-refractivity contribution >= 4 is 12.2 Å². The molecule has 3 rings (SSSR count). The summed E-state index contributed by atoms with van der Waals surface area (Å²) < 4.78 is 8.63. The van der Waals surface area contributed by atoms with Crippen LogP contribution in [-0.4, -0.2) is 27.5 Å². The zero-order chi connectivity index (χ0) is 13.8. The van der Waals surface area contributed by atoms with Crippen LogP contribution in [-0.2, 0) is 17.7 Å². The Hall–Kier alpha value is -0.680. The Balaban J connectivity index is 1.59. The number of aromatic amines is 1. The molecule has 1 aliphatic carbocycles. The lowest BCUT2D eigenvalue weighted by atomic mass is 9.86. The maximum absolute atomic E-state index is 5.72. The number of hydrogen-bond acceptors (Lipinski definition) is 3. The van der Waals surface area contributed by atoms with Crippen LogP contribution in [0.15, 0.2) is 0 Å². The zero-order valence-electron chi connectivity index (χ0n) is 12.1. The van der Waals surface area contributed by atoms with Gasteiger partial charge in [0.25, 0.3) is 0 Å². The molecular weight excluding hydrogens is 270 g/mol. The second-order valence-electron chi connectivity index (χ2n) is 6.23. The topological polar surface area (TPSA) is 42.8 Å². The van der Waals surface area contributed by atoms with Crippen molar-refractivity contribution in [2.75, 3.05) is 6.61 Å². The van der Waals surface area contributed by atoms with Crippen LogP contribution >= 0.6 is 12.2 Å². The molecule has 1 saturated heterocycles. The highest BCUT2D eigenvalue weighted by Gasteiger charge is 2.19. The Bertz CT molecular complexity index is 470. The minimum Gasteiger partial charge on any atom is -0.376 e. The van der Waals surface area contributed by atoms with E-state index in [0.29, 0.717) is 6.10 Å². The number of nitrogens with one attached hydrogen (secondary N) is 1. The van der Waals surface area contributed by atoms with E-state index in [1.165, 1.54) is 44.9 Å². The highest BCUT2D eigenvalue weighted by atomic mass is 32.1. The Kier molecular flexibility index (Phi) is 4.89. The van der Waals surface area contributed by atoms with Crippen LogP contribution in [0.1, 0.15) is 57.2 Å². The first kappa shape index (κ1) is 14.3. The van der Waals surface area contributed by atoms with Crippen LogP contribution in [0.4, 0.5) is 0 Å². The van der Waals surface area contributed by atoms with Gasteiger partial charge in [0.15, 0.2) is 4.77 Å². The fourth-order valence-corrected chi connectivity index (χ4v) is 3.76. The van der Waals surface area contributed by atoms with Crippen molar-refractivity contribution in [2.24, 2.45) is 5.92 Å². The summed E-state index contributed by atoms with van der Waals surface area (Å²) >= 11 is 5.37. The first-order valence-corrected chi connectivity index (χ1v) is 8.49. The molecule has 2 heterocycles. The largest absolute Gasteiger partial charge is 0.376 e. The van der Waals surface area contributed by atoms with E-state index >= 15 is 0 Å². The van der Waals surface area contributed by atoms with Crippen molar-refractivity contribution < 1.29 is 4.74 Å². The lowest BCUT2D eigenvalue weighted by Gasteiger charge is -2.21. The predicted molar refractivity (Wildman–Crippen MR) is 81.3 cm³/mol. The van der Waals surface area contributed by atoms with Gasteiger partial charge < -0.3 is 9.30 Å². The third-order valence-electron chi connectivity index (χ3n) is 4.75. The van der Waals surface area contributed by atoms with Gasteiger partial charge in [-0.3, -0.25) is 5.10 Å². The van der Waals surface area contributed by atoms with Crippen LogP contribution in [0.3, 0.4) is 0 Å². The summed E-state index contributed by atoms with van der Waals surface area (Å²) in [4.78, 5) is 0. The predicted octanol–water partition coefficient (Wildman–Crippen LogP) is 3.63. The number of aromatic nitrogens is 3. The molecule has 4 nitrogen and oxygen atoms in total. The molecule has 1 aliphatic heterocycles. The molecule has 5 heteroatoms. The van der Waals surface area contributed by atoms with E-state index in [4.69, 9.17) is 17.0 Å². The quantitative estimate of drug-likeness (QED) is 0.843. The number of H-pyrrole nitrogens is 1. The molecule has 20 heavy (non-hydrogen) atoms. The van der Waals surface area contributed by atoms with E-state index in [-0.39, 0.29) is 0 Å². The summed E-state index contributed by atoms with van der Waals surface area (Å²) in [5.74, 6) is 2.02. The van der Waals surface area contributed by atoms with Crippen LogP contribution in [0.2, 0.25) is 0 Å². The highest BCUT2D eigenvalue weighted by Crippen LogP contribution is 2.27. The minimum atomic E-state index is 0.327. The Morgan fingerprint density at radius 3 is 2.80 bits per heavy atom. The van der Waals surface area contributed by atoms with Crippen LogP contribution in [0, 0.1) is 10.7 Å². The molecule has 0 bridgehead atoms. The van der Waals surface area contributed by atoms with Crippen molar-refractivity contribution in [1.82, 2.24) is 14.8 Å². The van der Waals surface area contributed by atoms with E-state index in [0.717, 1.165) is 42.5 Å². The molecule has 1 aromatic rings. The monoisotopic (exact) mass is 295 g/mol. The lowest BCUT2D eigenvalue weighted by Crippen LogP contribution is -2.18. The van der Waals surface area contributed by atoms with E-state index in [1.807, 2.05) is 0 Å². The average molecular weight is 295 g/mol. The molecule has 1 aromatic heterocycles. The Labute approximate surface area is 125 Å². The summed E-state index contributed by atoms with van der Waals surface area (Å²) in [6.45, 7) is 1.77. The van der Waals surface area contributed by atoms with Gasteiger partial charge in [-0.05, 0) is 37.4 Å². The molecule has 0 radical (unpaired) electrons. The maximum atomic E-state index is 5.72. The van der Waals surface area contributed by atoms with Gasteiger partial charge in [-0.15, -0.1) is 0 Å². The molecule has 0 amide bonds. The van der Waals surface area contributed by atoms with Gasteiger partial charge in [-0.2, -0.15) is 5.10 Å². The molecular formula is C15H25N3OS. The van der Waals surface area contributed by atoms with Crippen LogP contribution in [0.25, 0.3) is 0 Å². The van der Waals surface area contributed by atoms with E-state index in [9.17, 15) is 0 Å². The summed E-state index contributed by atoms with van der Waals surface area (Å²) in [6, 6.07) is 0. The SMILES string of the molecule is S=c1[nH]nc(CCC2CCCCC2)n1C[C@@H]1CCCO1. The Morgan fingerprint density at radius 2 is 2.05 bits per heavy atom. The minimum absolute atomic E-state index is 0.327. The summed E-state index contributed by atoms with van der Waals surface area (Å²) in [5, 5.41) is 7.39. The first-order chi connectivity index (χ1) is 9.83. The van der Waals surface area contributed by atoms with Gasteiger partial charge in [-0.25, -0.2) is 0 Å². The van der Waals surface area contributed by atoms with E-state index in [1.54, 1.807) is 0 Å². The van der Waals surface area contributed by atoms with Gasteiger partial charge >= 0.3 is 0 Å². The fourth-order valence-electron chi connectivity index (χ4n) is 3.53. The van der Waals surface area contributed by atoms with Gasteiger partial charge in [0.05, 0.1) is 12.6 Å². The van der Waals surface area contributed by atoms with Crippen molar-refractivity contribution in [3.8, 4) is 0 Å². The molecule has 112 valence electrons. The van der Waals surface area contributed by atoms with Crippen molar-refractivity contribution in [2.45, 2.75) is 70.4 Å². The second kappa shape index (κ2) is 6.85. The number of rotatable bonds is 5. The van der Waals surface area contributed by atoms with Crippen LogP contribution < -0.4 is 0 Å². The summed E-state index contributed by atoms with van der Waals surface area (Å²) in [6.07, 6.45) is 12.0. The average Bonchev–Trinajstić information content (AvgIpc) is 3.10. The zero-order valence-corrected chi connectivity index (χ0v) is 13.0. The number of aryl methyl sites for hydroxylation is 1. The van der Waals surface area contributed by atoms with E-state index < -0.39 is 0 Å². The molecule has 2 aliphatic rings. The Morgan fingerprint density at radius 1 is 1.20 bits per heavy atom. The number of ether oxygens (including phenoxy) is 1. The van der Waals surface area contributed by atoms with Crippen molar-refractivity contribution in [3.63, 3.8) is 0 Å². The lowest BCUT2D eigenvalue weighted by molar-refractivity contribution is 0.0958. The number of hydrogen-bond donors (Lipinski definition) is 1. The molecule has 0 spiro atoms. The molecule has 2 fully saturated rings. The molecule has 0 unspecified atom stereocenters. The second-order valence-corrected chi connectivity index (χ2v) is 6.62. The summed E-state index contributed by atoms with van der Waals surface area (Å²) in [5.41, 5.74) is 0. The smallest absolute Gasteiger partial charge is 0.195 e. The third-order valence-corrected chi connectivity index (χ3v) is 5.06. The standard InChI is InChI=1S/C15H25N3OS/c20-15-17-16-14(9-8-12-5-2-1-3-6-12)18(15)11-13-7-4-10-19-13/h12-13H,1-11H2,(H,17,20)/t13-/m0/s1. The van der Waals surface area contributed by atoms with Crippen molar-refractivity contribution in [1.29, 1.82) is 0 Å². The van der Waals surface area contributed by atoms with E-state index in [2.05, 4.69) is 14.8 Å². The summed E-state index contributed by atoms with van der Waals surface area (Å²) in [7, 11) is 0. The molecule has 1 saturated carbocycles. The maximum Gasteiger partial charge on any atom is 0.195 e. The van der Waals surface area contributed by atoms with Gasteiger partial charge in [-0.1, -0.05) is 32.1 Å². The normalized spacial score (nSPS) is 24.3. The van der Waals surface area contributed by atoms with Crippen molar-refractivity contribution in [3.05, 3.63) is 10.6 Å². The van der Waals surface area contributed by atoms with Gasteiger partial charge in [0.1, 0.15) is 5.82 Å². The van der Waals surface area contributed by atoms with Gasteiger partial charge in [0.2, 0.25) is 0 Å². The third kappa shape index (κ3) is 3.50. The molecule has 1 N–H and O–H groups in total. The van der Waals surface area contributed by atoms with Crippen LogP contribution in [0.5, 0.6) is 0 Å². The molecule has 0 aromatic carbocycles. The van der Waals surface area contributed by atoms with Gasteiger partial charge in [0, 0.05) is 13.0 Å².